The summed E-state index contributed by atoms with van der Waals surface area (Å²) < 4.78 is 37.5. The second kappa shape index (κ2) is 9.14. The minimum atomic E-state index is -4.45. The van der Waals surface area contributed by atoms with Crippen LogP contribution in [0, 0.1) is 0 Å². The van der Waals surface area contributed by atoms with Crippen LogP contribution in [-0.4, -0.2) is 40.9 Å². The highest BCUT2D eigenvalue weighted by atomic mass is 32.2. The number of thioether (sulfide) groups is 2. The van der Waals surface area contributed by atoms with E-state index >= 15 is 0 Å². The third-order valence-corrected chi connectivity index (χ3v) is 5.20. The number of rotatable bonds is 5. The lowest BCUT2D eigenvalue weighted by atomic mass is 10.3. The molecule has 144 valence electrons. The molecule has 27 heavy (non-hydrogen) atoms. The number of nitrogens with zero attached hydrogens (tertiary/aromatic N) is 2. The summed E-state index contributed by atoms with van der Waals surface area (Å²) in [6, 6.07) is 9.01. The van der Waals surface area contributed by atoms with Gasteiger partial charge in [-0.25, -0.2) is 4.98 Å². The minimum Gasteiger partial charge on any atom is -0.339 e. The van der Waals surface area contributed by atoms with E-state index in [9.17, 15) is 22.8 Å². The quantitative estimate of drug-likeness (QED) is 0.723. The molecule has 5 nitrogen and oxygen atoms in total. The van der Waals surface area contributed by atoms with E-state index in [0.29, 0.717) is 15.6 Å². The molecule has 0 bridgehead atoms. The summed E-state index contributed by atoms with van der Waals surface area (Å²) in [5, 5.41) is 2.83. The van der Waals surface area contributed by atoms with Gasteiger partial charge in [0.2, 0.25) is 5.91 Å². The topological polar surface area (TPSA) is 62.3 Å². The number of halogens is 3. The van der Waals surface area contributed by atoms with Crippen LogP contribution in [0.25, 0.3) is 0 Å². The first-order valence-electron chi connectivity index (χ1n) is 7.61. The van der Waals surface area contributed by atoms with E-state index in [1.807, 2.05) is 0 Å². The van der Waals surface area contributed by atoms with Crippen molar-refractivity contribution in [1.82, 2.24) is 9.88 Å². The monoisotopic (exact) mass is 415 g/mol. The van der Waals surface area contributed by atoms with E-state index in [0.717, 1.165) is 35.8 Å². The standard InChI is InChI=1S/C17H16F3N3O2S2/c1-23(2)16(25)27-13-6-4-3-5-12(13)22-14(24)10-26-15-8-7-11(9-21-15)17(18,19)20/h3-9H,10H2,1-2H3,(H,22,24). The molecule has 2 aromatic rings. The molecule has 1 aromatic carbocycles. The van der Waals surface area contributed by atoms with Crippen molar-refractivity contribution in [3.8, 4) is 0 Å². The lowest BCUT2D eigenvalue weighted by molar-refractivity contribution is -0.137. The van der Waals surface area contributed by atoms with Crippen LogP contribution in [-0.2, 0) is 11.0 Å². The summed E-state index contributed by atoms with van der Waals surface area (Å²) in [6.45, 7) is 0. The Hall–Kier alpha value is -2.20. The normalized spacial score (nSPS) is 11.1. The summed E-state index contributed by atoms with van der Waals surface area (Å²) >= 11 is 2.00. The number of anilines is 1. The number of carbonyl (C=O) groups excluding carboxylic acids is 2. The van der Waals surface area contributed by atoms with Crippen molar-refractivity contribution in [2.45, 2.75) is 16.1 Å². The molecule has 1 heterocycles. The van der Waals surface area contributed by atoms with Crippen LogP contribution in [0.5, 0.6) is 0 Å². The predicted molar refractivity (Wildman–Crippen MR) is 100.0 cm³/mol. The maximum absolute atomic E-state index is 12.5. The highest BCUT2D eigenvalue weighted by Gasteiger charge is 2.30. The Morgan fingerprint density at radius 1 is 1.15 bits per heavy atom. The van der Waals surface area contributed by atoms with Gasteiger partial charge in [0, 0.05) is 25.2 Å². The second-order valence-corrected chi connectivity index (χ2v) is 7.47. The van der Waals surface area contributed by atoms with Crippen LogP contribution in [0.4, 0.5) is 23.7 Å². The van der Waals surface area contributed by atoms with Gasteiger partial charge in [-0.2, -0.15) is 13.2 Å². The molecule has 2 rings (SSSR count). The van der Waals surface area contributed by atoms with E-state index in [-0.39, 0.29) is 16.9 Å². The van der Waals surface area contributed by atoms with Crippen molar-refractivity contribution in [3.63, 3.8) is 0 Å². The van der Waals surface area contributed by atoms with Gasteiger partial charge in [-0.1, -0.05) is 23.9 Å². The van der Waals surface area contributed by atoms with Gasteiger partial charge >= 0.3 is 6.18 Å². The summed E-state index contributed by atoms with van der Waals surface area (Å²) in [5.74, 6) is -0.383. The van der Waals surface area contributed by atoms with Crippen molar-refractivity contribution in [2.24, 2.45) is 0 Å². The molecule has 0 aliphatic heterocycles. The molecule has 0 unspecified atom stereocenters. The number of amides is 2. The van der Waals surface area contributed by atoms with E-state index in [1.54, 1.807) is 38.4 Å². The number of alkyl halides is 3. The third kappa shape index (κ3) is 6.47. The number of benzene rings is 1. The zero-order chi connectivity index (χ0) is 20.0. The number of para-hydroxylation sites is 1. The SMILES string of the molecule is CN(C)C(=O)Sc1ccccc1NC(=O)CSc1ccc(C(F)(F)F)cn1. The molecule has 1 aromatic heterocycles. The molecular formula is C17H16F3N3O2S2. The molecule has 0 spiro atoms. The highest BCUT2D eigenvalue weighted by Crippen LogP contribution is 2.30. The summed E-state index contributed by atoms with van der Waals surface area (Å²) in [6.07, 6.45) is -3.71. The first kappa shape index (κ1) is 21.1. The Kier molecular flexibility index (Phi) is 7.14. The number of aromatic nitrogens is 1. The molecule has 0 atom stereocenters. The van der Waals surface area contributed by atoms with Gasteiger partial charge in [0.25, 0.3) is 5.24 Å². The van der Waals surface area contributed by atoms with Crippen LogP contribution in [0.2, 0.25) is 0 Å². The van der Waals surface area contributed by atoms with E-state index in [2.05, 4.69) is 10.3 Å². The molecular weight excluding hydrogens is 399 g/mol. The molecule has 0 saturated carbocycles. The van der Waals surface area contributed by atoms with Gasteiger partial charge < -0.3 is 10.2 Å². The fourth-order valence-electron chi connectivity index (χ4n) is 1.80. The zero-order valence-electron chi connectivity index (χ0n) is 14.4. The molecule has 0 radical (unpaired) electrons. The van der Waals surface area contributed by atoms with Crippen LogP contribution >= 0.6 is 23.5 Å². The van der Waals surface area contributed by atoms with E-state index < -0.39 is 11.7 Å². The minimum absolute atomic E-state index is 0.0288. The lowest BCUT2D eigenvalue weighted by Gasteiger charge is -2.13. The zero-order valence-corrected chi connectivity index (χ0v) is 16.0. The Morgan fingerprint density at radius 2 is 1.85 bits per heavy atom. The molecule has 0 aliphatic rings. The van der Waals surface area contributed by atoms with Crippen molar-refractivity contribution in [2.75, 3.05) is 25.2 Å². The Balaban J connectivity index is 1.95. The number of pyridine rings is 1. The van der Waals surface area contributed by atoms with Crippen molar-refractivity contribution in [3.05, 3.63) is 48.2 Å². The van der Waals surface area contributed by atoms with Crippen molar-refractivity contribution < 1.29 is 22.8 Å². The fraction of sp³-hybridized carbons (Fsp3) is 0.235. The first-order valence-corrected chi connectivity index (χ1v) is 9.41. The second-order valence-electron chi connectivity index (χ2n) is 5.48. The number of nitrogens with one attached hydrogen (secondary N) is 1. The molecule has 2 amide bonds. The first-order chi connectivity index (χ1) is 12.7. The summed E-state index contributed by atoms with van der Waals surface area (Å²) in [5.41, 5.74) is -0.350. The van der Waals surface area contributed by atoms with Crippen LogP contribution in [0.15, 0.2) is 52.5 Å². The lowest BCUT2D eigenvalue weighted by Crippen LogP contribution is -2.17. The third-order valence-electron chi connectivity index (χ3n) is 3.14. The van der Waals surface area contributed by atoms with Crippen LogP contribution < -0.4 is 5.32 Å². The maximum atomic E-state index is 12.5. The van der Waals surface area contributed by atoms with E-state index in [1.165, 1.54) is 11.0 Å². The molecule has 0 saturated heterocycles. The summed E-state index contributed by atoms with van der Waals surface area (Å²) in [7, 11) is 3.26. The largest absolute Gasteiger partial charge is 0.417 e. The van der Waals surface area contributed by atoms with Gasteiger partial charge in [0.1, 0.15) is 0 Å². The van der Waals surface area contributed by atoms with Crippen LogP contribution in [0.1, 0.15) is 5.56 Å². The van der Waals surface area contributed by atoms with Crippen molar-refractivity contribution >= 4 is 40.4 Å². The number of hydrogen-bond acceptors (Lipinski definition) is 5. The Morgan fingerprint density at radius 3 is 2.44 bits per heavy atom. The van der Waals surface area contributed by atoms with Gasteiger partial charge in [0.15, 0.2) is 0 Å². The van der Waals surface area contributed by atoms with Crippen LogP contribution in [0.3, 0.4) is 0 Å². The Bertz CT molecular complexity index is 812. The predicted octanol–water partition coefficient (Wildman–Crippen LogP) is 4.60. The van der Waals surface area contributed by atoms with Gasteiger partial charge in [-0.15, -0.1) is 0 Å². The number of hydrogen-bond donors (Lipinski definition) is 1. The maximum Gasteiger partial charge on any atom is 0.417 e. The van der Waals surface area contributed by atoms with Gasteiger partial charge in [-0.05, 0) is 36.0 Å². The Labute approximate surface area is 162 Å². The molecule has 10 heteroatoms. The van der Waals surface area contributed by atoms with E-state index in [4.69, 9.17) is 0 Å². The molecule has 0 fully saturated rings. The summed E-state index contributed by atoms with van der Waals surface area (Å²) in [4.78, 5) is 29.7. The van der Waals surface area contributed by atoms with Gasteiger partial charge in [0.05, 0.1) is 22.0 Å². The van der Waals surface area contributed by atoms with Crippen molar-refractivity contribution in [1.29, 1.82) is 0 Å². The average molecular weight is 415 g/mol. The molecule has 0 aliphatic carbocycles. The fourth-order valence-corrected chi connectivity index (χ4v) is 3.19. The number of carbonyl (C=O) groups is 2. The van der Waals surface area contributed by atoms with Gasteiger partial charge in [-0.3, -0.25) is 9.59 Å². The average Bonchev–Trinajstić information content (AvgIpc) is 2.61. The smallest absolute Gasteiger partial charge is 0.339 e. The highest BCUT2D eigenvalue weighted by molar-refractivity contribution is 8.13. The molecule has 1 N–H and O–H groups in total.